The van der Waals surface area contributed by atoms with Gasteiger partial charge in [-0.15, -0.1) is 0 Å². The van der Waals surface area contributed by atoms with Crippen LogP contribution in [0.15, 0.2) is 18.5 Å². The number of amides is 1. The summed E-state index contributed by atoms with van der Waals surface area (Å²) >= 11 is 0. The molecule has 1 atom stereocenters. The van der Waals surface area contributed by atoms with Crippen LogP contribution in [0.25, 0.3) is 22.3 Å². The molecule has 35 heavy (non-hydrogen) atoms. The molecule has 4 aliphatic rings. The molecular formula is C25H29N7O3. The maximum absolute atomic E-state index is 13.3. The van der Waals surface area contributed by atoms with Gasteiger partial charge in [0.15, 0.2) is 17.1 Å². The zero-order valence-electron chi connectivity index (χ0n) is 19.5. The summed E-state index contributed by atoms with van der Waals surface area (Å²) in [5.74, 6) is 2.27. The number of carbonyl (C=O) groups is 1. The molecule has 4 N–H and O–H groups in total. The second-order valence-corrected chi connectivity index (χ2v) is 10.4. The molecule has 2 aliphatic carbocycles. The average molecular weight is 476 g/mol. The van der Waals surface area contributed by atoms with Crippen LogP contribution in [0, 0.1) is 11.3 Å². The fourth-order valence-corrected chi connectivity index (χ4v) is 6.53. The molecular weight excluding hydrogens is 446 g/mol. The van der Waals surface area contributed by atoms with Crippen LogP contribution in [0.2, 0.25) is 0 Å². The van der Waals surface area contributed by atoms with Crippen molar-refractivity contribution in [3.05, 3.63) is 18.5 Å². The highest BCUT2D eigenvalue weighted by atomic mass is 16.7. The molecule has 2 aromatic heterocycles. The molecule has 4 heterocycles. The molecule has 182 valence electrons. The third-order valence-electron chi connectivity index (χ3n) is 8.38. The van der Waals surface area contributed by atoms with E-state index in [-0.39, 0.29) is 24.2 Å². The highest BCUT2D eigenvalue weighted by molar-refractivity contribution is 6.02. The quantitative estimate of drug-likeness (QED) is 0.524. The van der Waals surface area contributed by atoms with Gasteiger partial charge in [0.25, 0.3) is 0 Å². The molecule has 7 rings (SSSR count). The molecule has 2 saturated carbocycles. The Hall–Kier alpha value is -3.40. The first-order valence-corrected chi connectivity index (χ1v) is 12.6. The lowest BCUT2D eigenvalue weighted by atomic mass is 9.83. The van der Waals surface area contributed by atoms with Gasteiger partial charge < -0.3 is 25.8 Å². The standard InChI is InChI=1S/C25H29N7O3/c26-22-18-19(31-32(23(18)29-12-28-22)15-2-1-9-27-11-15)16-3-4-17(21-20(16)34-13-35-21)30-24(33)25-7-5-14(10-25)6-8-25/h3-4,12,14-15,27H,1-2,5-11,13H2,(H,30,33)(H2,26,28,29)/t14?,15-,25?/m1/s1. The molecule has 0 radical (unpaired) electrons. The van der Waals surface area contributed by atoms with Crippen LogP contribution in [0.3, 0.4) is 0 Å². The Kier molecular flexibility index (Phi) is 4.67. The first kappa shape index (κ1) is 20.9. The van der Waals surface area contributed by atoms with Crippen molar-refractivity contribution in [3.8, 4) is 22.8 Å². The number of benzene rings is 1. The fourth-order valence-electron chi connectivity index (χ4n) is 6.53. The summed E-state index contributed by atoms with van der Waals surface area (Å²) in [5.41, 5.74) is 8.87. The van der Waals surface area contributed by atoms with Crippen molar-refractivity contribution in [3.63, 3.8) is 0 Å². The van der Waals surface area contributed by atoms with Crippen molar-refractivity contribution < 1.29 is 14.3 Å². The van der Waals surface area contributed by atoms with E-state index >= 15 is 0 Å². The van der Waals surface area contributed by atoms with Gasteiger partial charge in [0, 0.05) is 17.5 Å². The van der Waals surface area contributed by atoms with E-state index in [0.717, 1.165) is 63.6 Å². The summed E-state index contributed by atoms with van der Waals surface area (Å²) in [5, 5.41) is 12.3. The van der Waals surface area contributed by atoms with E-state index in [1.54, 1.807) is 0 Å². The van der Waals surface area contributed by atoms with Crippen molar-refractivity contribution in [2.75, 3.05) is 30.9 Å². The first-order chi connectivity index (χ1) is 17.1. The molecule has 2 aliphatic heterocycles. The third kappa shape index (κ3) is 3.19. The molecule has 0 spiro atoms. The number of nitrogens with one attached hydrogen (secondary N) is 2. The number of nitrogens with two attached hydrogens (primary N) is 1. The Morgan fingerprint density at radius 3 is 2.80 bits per heavy atom. The van der Waals surface area contributed by atoms with Crippen molar-refractivity contribution in [2.24, 2.45) is 11.3 Å². The van der Waals surface area contributed by atoms with Crippen molar-refractivity contribution >= 4 is 28.4 Å². The maximum Gasteiger partial charge on any atom is 0.231 e. The number of ether oxygens (including phenoxy) is 2. The SMILES string of the molecule is Nc1ncnc2c1c(-c1ccc(NC(=O)C34CCC(CC3)C4)c3c1OCO3)nn2[C@@H]1CCCNC1. The number of hydrogen-bond donors (Lipinski definition) is 3. The number of aromatic nitrogens is 4. The minimum Gasteiger partial charge on any atom is -0.453 e. The van der Waals surface area contributed by atoms with Crippen LogP contribution in [-0.2, 0) is 4.79 Å². The highest BCUT2D eigenvalue weighted by Crippen LogP contribution is 2.55. The topological polar surface area (TPSA) is 129 Å². The van der Waals surface area contributed by atoms with Gasteiger partial charge in [0.05, 0.1) is 17.1 Å². The van der Waals surface area contributed by atoms with E-state index in [2.05, 4.69) is 20.6 Å². The van der Waals surface area contributed by atoms with Crippen molar-refractivity contribution in [2.45, 2.75) is 51.0 Å². The van der Waals surface area contributed by atoms with E-state index in [1.807, 2.05) is 16.8 Å². The number of anilines is 2. The Labute approximate surface area is 202 Å². The Bertz CT molecular complexity index is 1320. The van der Waals surface area contributed by atoms with Gasteiger partial charge in [-0.1, -0.05) is 0 Å². The molecule has 1 saturated heterocycles. The predicted octanol–water partition coefficient (Wildman–Crippen LogP) is 3.25. The summed E-state index contributed by atoms with van der Waals surface area (Å²) in [6.45, 7) is 1.92. The monoisotopic (exact) mass is 475 g/mol. The van der Waals surface area contributed by atoms with E-state index in [0.29, 0.717) is 45.6 Å². The lowest BCUT2D eigenvalue weighted by Gasteiger charge is -2.25. The summed E-state index contributed by atoms with van der Waals surface area (Å²) in [6, 6.07) is 3.98. The van der Waals surface area contributed by atoms with Crippen LogP contribution < -0.4 is 25.8 Å². The molecule has 1 aromatic carbocycles. The third-order valence-corrected chi connectivity index (χ3v) is 8.38. The molecule has 10 nitrogen and oxygen atoms in total. The fraction of sp³-hybridized carbons (Fsp3) is 0.520. The van der Waals surface area contributed by atoms with E-state index < -0.39 is 0 Å². The van der Waals surface area contributed by atoms with E-state index in [1.165, 1.54) is 6.33 Å². The van der Waals surface area contributed by atoms with Gasteiger partial charge in [0.2, 0.25) is 12.7 Å². The molecule has 2 bridgehead atoms. The zero-order chi connectivity index (χ0) is 23.6. The summed E-state index contributed by atoms with van der Waals surface area (Å²) in [7, 11) is 0. The number of hydrogen-bond acceptors (Lipinski definition) is 8. The van der Waals surface area contributed by atoms with Gasteiger partial charge in [-0.2, -0.15) is 5.10 Å². The van der Waals surface area contributed by atoms with Crippen LogP contribution in [-0.4, -0.2) is 45.5 Å². The number of nitrogen functional groups attached to an aromatic ring is 1. The normalized spacial score (nSPS) is 27.0. The lowest BCUT2D eigenvalue weighted by molar-refractivity contribution is -0.125. The van der Waals surface area contributed by atoms with Crippen LogP contribution in [0.1, 0.15) is 51.0 Å². The van der Waals surface area contributed by atoms with Gasteiger partial charge in [0.1, 0.15) is 17.8 Å². The number of carbonyl (C=O) groups excluding carboxylic acids is 1. The average Bonchev–Trinajstić information content (AvgIpc) is 3.68. The van der Waals surface area contributed by atoms with Crippen molar-refractivity contribution in [1.29, 1.82) is 0 Å². The minimum atomic E-state index is -0.232. The van der Waals surface area contributed by atoms with Crippen LogP contribution >= 0.6 is 0 Å². The van der Waals surface area contributed by atoms with E-state index in [9.17, 15) is 4.79 Å². The number of nitrogens with zero attached hydrogens (tertiary/aromatic N) is 4. The second-order valence-electron chi connectivity index (χ2n) is 10.4. The Morgan fingerprint density at radius 2 is 2.03 bits per heavy atom. The zero-order valence-corrected chi connectivity index (χ0v) is 19.5. The number of piperidine rings is 1. The molecule has 1 amide bonds. The van der Waals surface area contributed by atoms with Crippen LogP contribution in [0.5, 0.6) is 11.5 Å². The first-order valence-electron chi connectivity index (χ1n) is 12.6. The largest absolute Gasteiger partial charge is 0.453 e. The Morgan fingerprint density at radius 1 is 1.17 bits per heavy atom. The Balaban J connectivity index is 1.29. The predicted molar refractivity (Wildman–Crippen MR) is 130 cm³/mol. The molecule has 0 unspecified atom stereocenters. The summed E-state index contributed by atoms with van der Waals surface area (Å²) in [6.07, 6.45) is 8.81. The van der Waals surface area contributed by atoms with Gasteiger partial charge in [-0.05, 0) is 69.5 Å². The highest BCUT2D eigenvalue weighted by Gasteiger charge is 2.50. The van der Waals surface area contributed by atoms with Crippen molar-refractivity contribution in [1.82, 2.24) is 25.1 Å². The minimum absolute atomic E-state index is 0.0829. The number of rotatable bonds is 4. The van der Waals surface area contributed by atoms with Gasteiger partial charge in [-0.25, -0.2) is 14.6 Å². The second kappa shape index (κ2) is 7.81. The molecule has 3 fully saturated rings. The lowest BCUT2D eigenvalue weighted by Crippen LogP contribution is -2.32. The van der Waals surface area contributed by atoms with E-state index in [4.69, 9.17) is 20.3 Å². The number of fused-ring (bicyclic) bond motifs is 4. The smallest absolute Gasteiger partial charge is 0.231 e. The maximum atomic E-state index is 13.3. The molecule has 3 aromatic rings. The summed E-state index contributed by atoms with van der Waals surface area (Å²) in [4.78, 5) is 22.1. The van der Waals surface area contributed by atoms with Crippen LogP contribution in [0.4, 0.5) is 11.5 Å². The molecule has 10 heteroatoms. The van der Waals surface area contributed by atoms with Gasteiger partial charge >= 0.3 is 0 Å². The summed E-state index contributed by atoms with van der Waals surface area (Å²) < 4.78 is 13.7. The van der Waals surface area contributed by atoms with Gasteiger partial charge in [-0.3, -0.25) is 4.79 Å².